The van der Waals surface area contributed by atoms with Crippen LogP contribution in [0.3, 0.4) is 0 Å². The Hall–Kier alpha value is -2.22. The van der Waals surface area contributed by atoms with Gasteiger partial charge in [0.25, 0.3) is 0 Å². The van der Waals surface area contributed by atoms with Gasteiger partial charge < -0.3 is 14.6 Å². The van der Waals surface area contributed by atoms with E-state index < -0.39 is 0 Å². The molecule has 0 aliphatic rings. The van der Waals surface area contributed by atoms with E-state index in [1.165, 1.54) is 6.20 Å². The summed E-state index contributed by atoms with van der Waals surface area (Å²) in [6, 6.07) is 0. The first-order chi connectivity index (χ1) is 9.61. The molecule has 1 N–H and O–H groups in total. The Morgan fingerprint density at radius 1 is 1.50 bits per heavy atom. The molecule has 0 aliphatic heterocycles. The number of esters is 1. The SMILES string of the molecule is CCOC(=O)c1cnn(C)c1CNCc1nc(C)no1. The lowest BCUT2D eigenvalue weighted by molar-refractivity contribution is 0.0524. The highest BCUT2D eigenvalue weighted by atomic mass is 16.5. The number of ether oxygens (including phenoxy) is 1. The number of aromatic nitrogens is 4. The predicted octanol–water partition coefficient (Wildman–Crippen LogP) is 0.578. The molecule has 0 unspecified atom stereocenters. The molecule has 0 atom stereocenters. The highest BCUT2D eigenvalue weighted by molar-refractivity contribution is 5.90. The van der Waals surface area contributed by atoms with E-state index in [4.69, 9.17) is 9.26 Å². The smallest absolute Gasteiger partial charge is 0.341 e. The van der Waals surface area contributed by atoms with Gasteiger partial charge in [-0.1, -0.05) is 5.16 Å². The highest BCUT2D eigenvalue weighted by Crippen LogP contribution is 2.09. The van der Waals surface area contributed by atoms with Gasteiger partial charge in [0.05, 0.1) is 25.0 Å². The molecule has 108 valence electrons. The zero-order chi connectivity index (χ0) is 14.5. The first-order valence-corrected chi connectivity index (χ1v) is 6.29. The van der Waals surface area contributed by atoms with Crippen molar-refractivity contribution in [3.05, 3.63) is 29.2 Å². The van der Waals surface area contributed by atoms with Crippen LogP contribution in [0.4, 0.5) is 0 Å². The van der Waals surface area contributed by atoms with E-state index >= 15 is 0 Å². The van der Waals surface area contributed by atoms with E-state index in [1.807, 2.05) is 0 Å². The summed E-state index contributed by atoms with van der Waals surface area (Å²) in [4.78, 5) is 15.9. The second-order valence-electron chi connectivity index (χ2n) is 4.19. The third-order valence-corrected chi connectivity index (χ3v) is 2.70. The molecule has 0 saturated heterocycles. The fourth-order valence-electron chi connectivity index (χ4n) is 1.75. The zero-order valence-electron chi connectivity index (χ0n) is 11.7. The second kappa shape index (κ2) is 6.29. The van der Waals surface area contributed by atoms with Gasteiger partial charge >= 0.3 is 5.97 Å². The number of carbonyl (C=O) groups is 1. The Kier molecular flexibility index (Phi) is 4.46. The van der Waals surface area contributed by atoms with Crippen molar-refractivity contribution in [1.82, 2.24) is 25.2 Å². The number of nitrogens with one attached hydrogen (secondary N) is 1. The molecule has 0 spiro atoms. The fraction of sp³-hybridized carbons (Fsp3) is 0.500. The van der Waals surface area contributed by atoms with Crippen LogP contribution in [0.25, 0.3) is 0 Å². The summed E-state index contributed by atoms with van der Waals surface area (Å²) >= 11 is 0. The number of hydrogen-bond acceptors (Lipinski definition) is 7. The largest absolute Gasteiger partial charge is 0.462 e. The maximum Gasteiger partial charge on any atom is 0.341 e. The quantitative estimate of drug-likeness (QED) is 0.773. The molecule has 0 fully saturated rings. The molecule has 0 radical (unpaired) electrons. The van der Waals surface area contributed by atoms with Crippen molar-refractivity contribution < 1.29 is 14.1 Å². The topological polar surface area (TPSA) is 95.1 Å². The highest BCUT2D eigenvalue weighted by Gasteiger charge is 2.16. The summed E-state index contributed by atoms with van der Waals surface area (Å²) < 4.78 is 11.6. The van der Waals surface area contributed by atoms with Crippen molar-refractivity contribution in [2.24, 2.45) is 7.05 Å². The summed E-state index contributed by atoms with van der Waals surface area (Å²) in [6.45, 7) is 4.74. The van der Waals surface area contributed by atoms with Gasteiger partial charge in [-0.25, -0.2) is 4.79 Å². The van der Waals surface area contributed by atoms with E-state index in [1.54, 1.807) is 25.6 Å². The van der Waals surface area contributed by atoms with Gasteiger partial charge in [-0.15, -0.1) is 0 Å². The third kappa shape index (κ3) is 3.21. The van der Waals surface area contributed by atoms with Gasteiger partial charge in [0.15, 0.2) is 5.82 Å². The minimum atomic E-state index is -0.369. The van der Waals surface area contributed by atoms with Crippen LogP contribution < -0.4 is 5.32 Å². The second-order valence-corrected chi connectivity index (χ2v) is 4.19. The van der Waals surface area contributed by atoms with Crippen molar-refractivity contribution in [3.63, 3.8) is 0 Å². The third-order valence-electron chi connectivity index (χ3n) is 2.70. The minimum absolute atomic E-state index is 0.335. The van der Waals surface area contributed by atoms with Crippen molar-refractivity contribution in [3.8, 4) is 0 Å². The van der Waals surface area contributed by atoms with E-state index in [9.17, 15) is 4.79 Å². The molecule has 2 aromatic rings. The number of hydrogen-bond donors (Lipinski definition) is 1. The van der Waals surface area contributed by atoms with Crippen LogP contribution in [0.2, 0.25) is 0 Å². The lowest BCUT2D eigenvalue weighted by atomic mass is 10.2. The predicted molar refractivity (Wildman–Crippen MR) is 68.7 cm³/mol. The number of rotatable bonds is 6. The van der Waals surface area contributed by atoms with Crippen LogP contribution in [0.15, 0.2) is 10.7 Å². The van der Waals surface area contributed by atoms with E-state index in [0.29, 0.717) is 37.0 Å². The average Bonchev–Trinajstić information content (AvgIpc) is 2.97. The van der Waals surface area contributed by atoms with Crippen LogP contribution >= 0.6 is 0 Å². The normalized spacial score (nSPS) is 10.8. The van der Waals surface area contributed by atoms with Crippen LogP contribution in [-0.4, -0.2) is 32.5 Å². The Labute approximate surface area is 116 Å². The molecular formula is C12H17N5O3. The first kappa shape index (κ1) is 14.2. The monoisotopic (exact) mass is 279 g/mol. The molecule has 0 saturated carbocycles. The zero-order valence-corrected chi connectivity index (χ0v) is 11.7. The van der Waals surface area contributed by atoms with Gasteiger partial charge in [0.1, 0.15) is 5.56 Å². The van der Waals surface area contributed by atoms with Crippen LogP contribution in [-0.2, 0) is 24.9 Å². The molecular weight excluding hydrogens is 262 g/mol. The van der Waals surface area contributed by atoms with Gasteiger partial charge in [-0.05, 0) is 13.8 Å². The van der Waals surface area contributed by atoms with E-state index in [-0.39, 0.29) is 5.97 Å². The molecule has 2 heterocycles. The van der Waals surface area contributed by atoms with Crippen LogP contribution in [0, 0.1) is 6.92 Å². The summed E-state index contributed by atoms with van der Waals surface area (Å²) in [5.41, 5.74) is 1.21. The Balaban J connectivity index is 1.98. The van der Waals surface area contributed by atoms with E-state index in [2.05, 4.69) is 20.6 Å². The molecule has 8 heteroatoms. The van der Waals surface area contributed by atoms with Crippen molar-refractivity contribution >= 4 is 5.97 Å². The van der Waals surface area contributed by atoms with Gasteiger partial charge in [-0.2, -0.15) is 10.1 Å². The number of aryl methyl sites for hydroxylation is 2. The summed E-state index contributed by atoms with van der Waals surface area (Å²) in [5.74, 6) is 0.725. The van der Waals surface area contributed by atoms with Crippen molar-refractivity contribution in [2.75, 3.05) is 6.61 Å². The molecule has 0 aliphatic carbocycles. The number of carbonyl (C=O) groups excluding carboxylic acids is 1. The average molecular weight is 279 g/mol. The minimum Gasteiger partial charge on any atom is -0.462 e. The lowest BCUT2D eigenvalue weighted by Gasteiger charge is -2.06. The Morgan fingerprint density at radius 3 is 2.95 bits per heavy atom. The first-order valence-electron chi connectivity index (χ1n) is 6.29. The lowest BCUT2D eigenvalue weighted by Crippen LogP contribution is -2.18. The molecule has 20 heavy (non-hydrogen) atoms. The molecule has 2 rings (SSSR count). The van der Waals surface area contributed by atoms with Gasteiger partial charge in [-0.3, -0.25) is 4.68 Å². The van der Waals surface area contributed by atoms with Gasteiger partial charge in [0, 0.05) is 13.6 Å². The van der Waals surface area contributed by atoms with Crippen LogP contribution in [0.5, 0.6) is 0 Å². The van der Waals surface area contributed by atoms with Crippen molar-refractivity contribution in [1.29, 1.82) is 0 Å². The molecule has 0 bridgehead atoms. The fourth-order valence-corrected chi connectivity index (χ4v) is 1.75. The maximum absolute atomic E-state index is 11.8. The van der Waals surface area contributed by atoms with Crippen molar-refractivity contribution in [2.45, 2.75) is 26.9 Å². The molecule has 0 amide bonds. The standard InChI is InChI=1S/C12H17N5O3/c1-4-19-12(18)9-5-14-17(3)10(9)6-13-7-11-15-8(2)16-20-11/h5,13H,4,6-7H2,1-3H3. The molecule has 0 aromatic carbocycles. The molecule has 2 aromatic heterocycles. The van der Waals surface area contributed by atoms with E-state index in [0.717, 1.165) is 5.69 Å². The van der Waals surface area contributed by atoms with Crippen LogP contribution in [0.1, 0.15) is 34.7 Å². The summed E-state index contributed by atoms with van der Waals surface area (Å²) in [5, 5.41) is 10.9. The molecule has 8 nitrogen and oxygen atoms in total. The summed E-state index contributed by atoms with van der Waals surface area (Å²) in [7, 11) is 1.77. The number of nitrogens with zero attached hydrogens (tertiary/aromatic N) is 4. The maximum atomic E-state index is 11.8. The van der Waals surface area contributed by atoms with Gasteiger partial charge in [0.2, 0.25) is 5.89 Å². The summed E-state index contributed by atoms with van der Waals surface area (Å²) in [6.07, 6.45) is 1.51. The Bertz CT molecular complexity index is 590. The Morgan fingerprint density at radius 2 is 2.30 bits per heavy atom.